The van der Waals surface area contributed by atoms with Crippen molar-refractivity contribution < 1.29 is 13.9 Å². The summed E-state index contributed by atoms with van der Waals surface area (Å²) in [6.45, 7) is 6.80. The second-order valence-corrected chi connectivity index (χ2v) is 8.03. The minimum absolute atomic E-state index is 0.0913. The van der Waals surface area contributed by atoms with Crippen LogP contribution < -0.4 is 0 Å². The molecule has 0 unspecified atom stereocenters. The highest BCUT2D eigenvalue weighted by atomic mass is 35.5. The number of aromatic nitrogens is 3. The molecule has 0 spiro atoms. The Morgan fingerprint density at radius 3 is 2.64 bits per heavy atom. The first-order valence-electron chi connectivity index (χ1n) is 9.06. The predicted octanol–water partition coefficient (Wildman–Crippen LogP) is 4.04. The molecular weight excluding hydrogens is 383 g/mol. The van der Waals surface area contributed by atoms with Crippen molar-refractivity contribution in [2.45, 2.75) is 45.3 Å². The van der Waals surface area contributed by atoms with E-state index in [0.29, 0.717) is 18.7 Å². The lowest BCUT2D eigenvalue weighted by molar-refractivity contribution is 0.0185. The second-order valence-electron chi connectivity index (χ2n) is 7.64. The van der Waals surface area contributed by atoms with E-state index in [-0.39, 0.29) is 22.9 Å². The van der Waals surface area contributed by atoms with Crippen LogP contribution in [0, 0.1) is 17.7 Å². The predicted molar refractivity (Wildman–Crippen MR) is 103 cm³/mol. The highest BCUT2D eigenvalue weighted by Crippen LogP contribution is 2.23. The summed E-state index contributed by atoms with van der Waals surface area (Å²) in [5.41, 5.74) is 0.370. The van der Waals surface area contributed by atoms with Crippen molar-refractivity contribution in [1.82, 2.24) is 19.7 Å². The standard InChI is InChI=1S/C20H22ClFN4O2/c1-20(2,3)28-19(27)25-8-6-16(7-9-25)26-13-14(11-24-26)4-5-15-12-23-18(21)10-17(15)22/h10-13,16H,6-9H2,1-3H3. The van der Waals surface area contributed by atoms with E-state index in [1.165, 1.54) is 6.20 Å². The quantitative estimate of drug-likeness (QED) is 0.531. The molecule has 0 N–H and O–H groups in total. The van der Waals surface area contributed by atoms with Gasteiger partial charge in [-0.15, -0.1) is 0 Å². The first kappa shape index (κ1) is 20.2. The van der Waals surface area contributed by atoms with Gasteiger partial charge in [0.1, 0.15) is 16.6 Å². The second kappa shape index (κ2) is 8.19. The number of hydrogen-bond donors (Lipinski definition) is 0. The number of piperidine rings is 1. The molecule has 1 fully saturated rings. The fraction of sp³-hybridized carbons (Fsp3) is 0.450. The van der Waals surface area contributed by atoms with Gasteiger partial charge < -0.3 is 9.64 Å². The highest BCUT2D eigenvalue weighted by molar-refractivity contribution is 6.29. The van der Waals surface area contributed by atoms with Gasteiger partial charge in [-0.05, 0) is 33.6 Å². The zero-order valence-corrected chi connectivity index (χ0v) is 16.8. The number of halogens is 2. The van der Waals surface area contributed by atoms with Crippen molar-refractivity contribution in [3.8, 4) is 11.8 Å². The van der Waals surface area contributed by atoms with Gasteiger partial charge >= 0.3 is 6.09 Å². The number of nitrogens with zero attached hydrogens (tertiary/aromatic N) is 4. The summed E-state index contributed by atoms with van der Waals surface area (Å²) in [6, 6.07) is 1.32. The molecule has 0 bridgehead atoms. The van der Waals surface area contributed by atoms with E-state index in [1.54, 1.807) is 11.1 Å². The van der Waals surface area contributed by atoms with E-state index in [1.807, 2.05) is 31.6 Å². The Kier molecular flexibility index (Phi) is 5.90. The smallest absolute Gasteiger partial charge is 0.410 e. The first-order chi connectivity index (χ1) is 13.2. The molecule has 8 heteroatoms. The van der Waals surface area contributed by atoms with Crippen LogP contribution >= 0.6 is 11.6 Å². The van der Waals surface area contributed by atoms with E-state index in [0.717, 1.165) is 18.9 Å². The van der Waals surface area contributed by atoms with E-state index in [4.69, 9.17) is 16.3 Å². The van der Waals surface area contributed by atoms with Crippen LogP contribution in [0.5, 0.6) is 0 Å². The van der Waals surface area contributed by atoms with Crippen LogP contribution in [-0.2, 0) is 4.74 Å². The topological polar surface area (TPSA) is 60.2 Å². The monoisotopic (exact) mass is 404 g/mol. The van der Waals surface area contributed by atoms with Crippen molar-refractivity contribution in [2.75, 3.05) is 13.1 Å². The molecule has 6 nitrogen and oxygen atoms in total. The van der Waals surface area contributed by atoms with Gasteiger partial charge in [0.15, 0.2) is 0 Å². The zero-order chi connectivity index (χ0) is 20.3. The summed E-state index contributed by atoms with van der Waals surface area (Å²) < 4.78 is 21.0. The van der Waals surface area contributed by atoms with Crippen LogP contribution in [0.1, 0.15) is 50.8 Å². The van der Waals surface area contributed by atoms with Gasteiger partial charge in [0, 0.05) is 31.5 Å². The van der Waals surface area contributed by atoms with E-state index in [2.05, 4.69) is 21.9 Å². The molecule has 1 saturated heterocycles. The maximum atomic E-state index is 13.8. The number of hydrogen-bond acceptors (Lipinski definition) is 4. The maximum Gasteiger partial charge on any atom is 0.410 e. The molecule has 0 radical (unpaired) electrons. The van der Waals surface area contributed by atoms with Crippen LogP contribution in [0.4, 0.5) is 9.18 Å². The van der Waals surface area contributed by atoms with E-state index in [9.17, 15) is 9.18 Å². The average Bonchev–Trinajstić information content (AvgIpc) is 3.09. The minimum Gasteiger partial charge on any atom is -0.444 e. The SMILES string of the molecule is CC(C)(C)OC(=O)N1CCC(n2cc(C#Cc3cnc(Cl)cc3F)cn2)CC1. The Morgan fingerprint density at radius 1 is 1.29 bits per heavy atom. The Hall–Kier alpha value is -2.59. The Morgan fingerprint density at radius 2 is 2.00 bits per heavy atom. The summed E-state index contributed by atoms with van der Waals surface area (Å²) in [4.78, 5) is 17.7. The third kappa shape index (κ3) is 5.23. The van der Waals surface area contributed by atoms with Crippen LogP contribution in [0.15, 0.2) is 24.7 Å². The van der Waals surface area contributed by atoms with Crippen LogP contribution in [0.3, 0.4) is 0 Å². The molecule has 28 heavy (non-hydrogen) atoms. The first-order valence-corrected chi connectivity index (χ1v) is 9.44. The molecule has 0 saturated carbocycles. The lowest BCUT2D eigenvalue weighted by atomic mass is 10.1. The lowest BCUT2D eigenvalue weighted by Crippen LogP contribution is -2.42. The number of pyridine rings is 1. The zero-order valence-electron chi connectivity index (χ0n) is 16.1. The normalized spacial score (nSPS) is 15.1. The molecule has 1 amide bonds. The summed E-state index contributed by atoms with van der Waals surface area (Å²) in [7, 11) is 0. The van der Waals surface area contributed by atoms with Crippen LogP contribution in [0.2, 0.25) is 5.15 Å². The van der Waals surface area contributed by atoms with E-state index < -0.39 is 11.4 Å². The number of carbonyl (C=O) groups excluding carboxylic acids is 1. The molecule has 0 aromatic carbocycles. The van der Waals surface area contributed by atoms with Crippen molar-refractivity contribution in [3.05, 3.63) is 46.8 Å². The molecule has 3 rings (SSSR count). The number of amides is 1. The fourth-order valence-corrected chi connectivity index (χ4v) is 3.03. The number of likely N-dealkylation sites (tertiary alicyclic amines) is 1. The molecule has 3 heterocycles. The van der Waals surface area contributed by atoms with Gasteiger partial charge in [-0.25, -0.2) is 14.2 Å². The Balaban J connectivity index is 1.60. The lowest BCUT2D eigenvalue weighted by Gasteiger charge is -2.33. The summed E-state index contributed by atoms with van der Waals surface area (Å²) >= 11 is 5.64. The van der Waals surface area contributed by atoms with Gasteiger partial charge in [0.05, 0.1) is 23.4 Å². The van der Waals surface area contributed by atoms with Crippen molar-refractivity contribution >= 4 is 17.7 Å². The minimum atomic E-state index is -0.505. The van der Waals surface area contributed by atoms with Gasteiger partial charge in [-0.1, -0.05) is 23.4 Å². The molecule has 2 aromatic heterocycles. The van der Waals surface area contributed by atoms with Crippen molar-refractivity contribution in [3.63, 3.8) is 0 Å². The van der Waals surface area contributed by atoms with Crippen LogP contribution in [-0.4, -0.2) is 44.4 Å². The average molecular weight is 405 g/mol. The maximum absolute atomic E-state index is 13.8. The summed E-state index contributed by atoms with van der Waals surface area (Å²) in [5, 5.41) is 4.46. The van der Waals surface area contributed by atoms with Crippen LogP contribution in [0.25, 0.3) is 0 Å². The third-order valence-electron chi connectivity index (χ3n) is 4.25. The molecule has 0 atom stereocenters. The van der Waals surface area contributed by atoms with Gasteiger partial charge in [-0.3, -0.25) is 4.68 Å². The van der Waals surface area contributed by atoms with Gasteiger partial charge in [0.2, 0.25) is 0 Å². The van der Waals surface area contributed by atoms with Gasteiger partial charge in [0.25, 0.3) is 0 Å². The van der Waals surface area contributed by atoms with Crippen molar-refractivity contribution in [1.29, 1.82) is 0 Å². The fourth-order valence-electron chi connectivity index (χ4n) is 2.88. The number of carbonyl (C=O) groups is 1. The third-order valence-corrected chi connectivity index (χ3v) is 4.46. The molecule has 1 aliphatic rings. The van der Waals surface area contributed by atoms with E-state index >= 15 is 0 Å². The molecule has 2 aromatic rings. The Labute approximate surface area is 168 Å². The molecule has 1 aliphatic heterocycles. The molecule has 148 valence electrons. The summed E-state index contributed by atoms with van der Waals surface area (Å²) in [5.74, 6) is 5.13. The number of ether oxygens (including phenoxy) is 1. The number of rotatable bonds is 1. The van der Waals surface area contributed by atoms with Gasteiger partial charge in [-0.2, -0.15) is 5.10 Å². The molecular formula is C20H22ClFN4O2. The molecule has 0 aliphatic carbocycles. The largest absolute Gasteiger partial charge is 0.444 e. The Bertz CT molecular complexity index is 918. The highest BCUT2D eigenvalue weighted by Gasteiger charge is 2.27. The van der Waals surface area contributed by atoms with Crippen molar-refractivity contribution in [2.24, 2.45) is 0 Å². The summed E-state index contributed by atoms with van der Waals surface area (Å²) in [6.07, 6.45) is 6.07.